The summed E-state index contributed by atoms with van der Waals surface area (Å²) in [5, 5.41) is 9.24. The topological polar surface area (TPSA) is 53.0 Å². The van der Waals surface area contributed by atoms with Crippen molar-refractivity contribution in [2.45, 2.75) is 52.9 Å². The zero-order chi connectivity index (χ0) is 19.8. The molecule has 0 radical (unpaired) electrons. The van der Waals surface area contributed by atoms with Gasteiger partial charge in [0.05, 0.1) is 7.11 Å². The summed E-state index contributed by atoms with van der Waals surface area (Å²) in [5.74, 6) is 1.38. The second-order valence-corrected chi connectivity index (χ2v) is 9.79. The average Bonchev–Trinajstić information content (AvgIpc) is 2.58. The molecule has 1 N–H and O–H groups in total. The van der Waals surface area contributed by atoms with Crippen LogP contribution in [-0.2, 0) is 0 Å². The summed E-state index contributed by atoms with van der Waals surface area (Å²) in [6.45, 7) is 12.1. The number of piperazine rings is 1. The molecule has 1 aromatic rings. The fourth-order valence-electron chi connectivity index (χ4n) is 5.47. The largest absolute Gasteiger partial charge is 0.497 e. The molecule has 1 saturated carbocycles. The molecular formula is C22H34N2O3. The van der Waals surface area contributed by atoms with E-state index in [1.165, 1.54) is 35.4 Å². The van der Waals surface area contributed by atoms with E-state index >= 15 is 0 Å². The standard InChI is InChI=1S/C22H34N2O3/c1-21(2)13-16(14-22(3,4)15-21)18-7-6-17(27-5)12-19(18)23-8-10-24(11-9-23)20(25)26/h6-7,12,16H,8-11,13-15H2,1-5H3,(H,25,26). The Hall–Kier alpha value is -1.91. The van der Waals surface area contributed by atoms with E-state index in [0.717, 1.165) is 18.8 Å². The van der Waals surface area contributed by atoms with E-state index in [1.807, 2.05) is 0 Å². The van der Waals surface area contributed by atoms with Crippen molar-refractivity contribution in [3.63, 3.8) is 0 Å². The number of carboxylic acid groups (broad SMARTS) is 1. The Morgan fingerprint density at radius 1 is 1.07 bits per heavy atom. The van der Waals surface area contributed by atoms with Crippen molar-refractivity contribution in [3.05, 3.63) is 23.8 Å². The van der Waals surface area contributed by atoms with Gasteiger partial charge < -0.3 is 19.6 Å². The molecule has 2 fully saturated rings. The fraction of sp³-hybridized carbons (Fsp3) is 0.682. The molecule has 0 unspecified atom stereocenters. The maximum atomic E-state index is 11.2. The maximum Gasteiger partial charge on any atom is 0.407 e. The lowest BCUT2D eigenvalue weighted by molar-refractivity contribution is 0.0969. The van der Waals surface area contributed by atoms with Gasteiger partial charge in [-0.2, -0.15) is 0 Å². The van der Waals surface area contributed by atoms with Crippen LogP contribution in [0.3, 0.4) is 0 Å². The summed E-state index contributed by atoms with van der Waals surface area (Å²) < 4.78 is 5.50. The third kappa shape index (κ3) is 4.50. The van der Waals surface area contributed by atoms with Crippen molar-refractivity contribution in [2.75, 3.05) is 38.2 Å². The van der Waals surface area contributed by atoms with Crippen LogP contribution in [0.5, 0.6) is 5.75 Å². The van der Waals surface area contributed by atoms with Crippen molar-refractivity contribution in [1.82, 2.24) is 4.90 Å². The molecular weight excluding hydrogens is 340 g/mol. The molecule has 1 aliphatic heterocycles. The number of amides is 1. The molecule has 150 valence electrons. The van der Waals surface area contributed by atoms with Crippen molar-refractivity contribution in [3.8, 4) is 5.75 Å². The summed E-state index contributed by atoms with van der Waals surface area (Å²) in [6.07, 6.45) is 2.80. The third-order valence-corrected chi connectivity index (χ3v) is 6.12. The highest BCUT2D eigenvalue weighted by molar-refractivity contribution is 5.66. The second kappa shape index (κ2) is 7.25. The van der Waals surface area contributed by atoms with Gasteiger partial charge in [-0.3, -0.25) is 0 Å². The van der Waals surface area contributed by atoms with Gasteiger partial charge in [-0.1, -0.05) is 33.8 Å². The smallest absolute Gasteiger partial charge is 0.407 e. The first-order chi connectivity index (χ1) is 12.6. The van der Waals surface area contributed by atoms with Crippen LogP contribution in [0.1, 0.15) is 58.4 Å². The number of hydrogen-bond donors (Lipinski definition) is 1. The predicted octanol–water partition coefficient (Wildman–Crippen LogP) is 4.82. The quantitative estimate of drug-likeness (QED) is 0.824. The minimum absolute atomic E-state index is 0.325. The highest BCUT2D eigenvalue weighted by Gasteiger charge is 2.40. The number of ether oxygens (including phenoxy) is 1. The summed E-state index contributed by atoms with van der Waals surface area (Å²) >= 11 is 0. The Morgan fingerprint density at radius 2 is 1.67 bits per heavy atom. The van der Waals surface area contributed by atoms with E-state index in [0.29, 0.717) is 29.8 Å². The minimum atomic E-state index is -0.823. The second-order valence-electron chi connectivity index (χ2n) is 9.79. The van der Waals surface area contributed by atoms with Crippen molar-refractivity contribution < 1.29 is 14.6 Å². The first-order valence-corrected chi connectivity index (χ1v) is 10.0. The van der Waals surface area contributed by atoms with Crippen molar-refractivity contribution in [1.29, 1.82) is 0 Å². The number of carbonyl (C=O) groups is 1. The number of methoxy groups -OCH3 is 1. The van der Waals surface area contributed by atoms with Gasteiger partial charge in [0.15, 0.2) is 0 Å². The van der Waals surface area contributed by atoms with Gasteiger partial charge in [0, 0.05) is 37.9 Å². The van der Waals surface area contributed by atoms with Crippen molar-refractivity contribution >= 4 is 11.8 Å². The van der Waals surface area contributed by atoms with Gasteiger partial charge in [0.2, 0.25) is 0 Å². The normalized spacial score (nSPS) is 22.6. The van der Waals surface area contributed by atoms with Crippen LogP contribution in [0.25, 0.3) is 0 Å². The number of rotatable bonds is 3. The van der Waals surface area contributed by atoms with E-state index < -0.39 is 6.09 Å². The van der Waals surface area contributed by atoms with Crippen LogP contribution >= 0.6 is 0 Å². The molecule has 5 nitrogen and oxygen atoms in total. The molecule has 0 atom stereocenters. The predicted molar refractivity (Wildman–Crippen MR) is 109 cm³/mol. The average molecular weight is 375 g/mol. The zero-order valence-electron chi connectivity index (χ0n) is 17.4. The molecule has 5 heteroatoms. The molecule has 0 aromatic heterocycles. The van der Waals surface area contributed by atoms with E-state index in [4.69, 9.17) is 4.74 Å². The Kier molecular flexibility index (Phi) is 5.33. The lowest BCUT2D eigenvalue weighted by Gasteiger charge is -2.46. The molecule has 27 heavy (non-hydrogen) atoms. The third-order valence-electron chi connectivity index (χ3n) is 6.12. The first kappa shape index (κ1) is 19.8. The van der Waals surface area contributed by atoms with Gasteiger partial charge in [0.25, 0.3) is 0 Å². The summed E-state index contributed by atoms with van der Waals surface area (Å²) in [6, 6.07) is 6.45. The molecule has 0 spiro atoms. The highest BCUT2D eigenvalue weighted by atomic mass is 16.5. The number of benzene rings is 1. The summed E-state index contributed by atoms with van der Waals surface area (Å²) in [5.41, 5.74) is 3.26. The Balaban J connectivity index is 1.91. The van der Waals surface area contributed by atoms with Gasteiger partial charge in [-0.05, 0) is 47.6 Å². The molecule has 0 bridgehead atoms. The van der Waals surface area contributed by atoms with E-state index in [1.54, 1.807) is 7.11 Å². The van der Waals surface area contributed by atoms with E-state index in [2.05, 4.69) is 50.8 Å². The van der Waals surface area contributed by atoms with Crippen LogP contribution in [0, 0.1) is 10.8 Å². The van der Waals surface area contributed by atoms with E-state index in [9.17, 15) is 9.90 Å². The zero-order valence-corrected chi connectivity index (χ0v) is 17.4. The first-order valence-electron chi connectivity index (χ1n) is 10.0. The number of hydrogen-bond acceptors (Lipinski definition) is 3. The summed E-state index contributed by atoms with van der Waals surface area (Å²) in [4.78, 5) is 15.1. The molecule has 2 aliphatic rings. The fourth-order valence-corrected chi connectivity index (χ4v) is 5.47. The molecule has 1 heterocycles. The Morgan fingerprint density at radius 3 is 2.19 bits per heavy atom. The van der Waals surface area contributed by atoms with Crippen LogP contribution in [0.2, 0.25) is 0 Å². The van der Waals surface area contributed by atoms with E-state index in [-0.39, 0.29) is 0 Å². The SMILES string of the molecule is COc1ccc(C2CC(C)(C)CC(C)(C)C2)c(N2CCN(C(=O)O)CC2)c1. The lowest BCUT2D eigenvalue weighted by Crippen LogP contribution is -2.48. The minimum Gasteiger partial charge on any atom is -0.497 e. The molecule has 1 aliphatic carbocycles. The van der Waals surface area contributed by atoms with Crippen molar-refractivity contribution in [2.24, 2.45) is 10.8 Å². The van der Waals surface area contributed by atoms with Gasteiger partial charge in [-0.25, -0.2) is 4.79 Å². The van der Waals surface area contributed by atoms with Crippen LogP contribution in [-0.4, -0.2) is 49.4 Å². The lowest BCUT2D eigenvalue weighted by atomic mass is 9.60. The maximum absolute atomic E-state index is 11.2. The van der Waals surface area contributed by atoms with Crippen LogP contribution in [0.4, 0.5) is 10.5 Å². The van der Waals surface area contributed by atoms with Crippen LogP contribution in [0.15, 0.2) is 18.2 Å². The number of anilines is 1. The number of nitrogens with zero attached hydrogens (tertiary/aromatic N) is 2. The van der Waals surface area contributed by atoms with Crippen LogP contribution < -0.4 is 9.64 Å². The molecule has 1 aromatic carbocycles. The Labute approximate surface area is 163 Å². The Bertz CT molecular complexity index is 675. The van der Waals surface area contributed by atoms with Gasteiger partial charge >= 0.3 is 6.09 Å². The van der Waals surface area contributed by atoms with Gasteiger partial charge in [0.1, 0.15) is 5.75 Å². The molecule has 1 saturated heterocycles. The molecule has 1 amide bonds. The monoisotopic (exact) mass is 374 g/mol. The van der Waals surface area contributed by atoms with Gasteiger partial charge in [-0.15, -0.1) is 0 Å². The molecule has 3 rings (SSSR count). The highest BCUT2D eigenvalue weighted by Crippen LogP contribution is 2.53. The summed E-state index contributed by atoms with van der Waals surface area (Å²) in [7, 11) is 1.70.